The molecule has 0 spiro atoms. The number of hydrogen-bond donors (Lipinski definition) is 0. The maximum absolute atomic E-state index is 12.3. The van der Waals surface area contributed by atoms with Crippen molar-refractivity contribution in [2.24, 2.45) is 0 Å². The summed E-state index contributed by atoms with van der Waals surface area (Å²) in [6.07, 6.45) is 0. The number of benzene rings is 3. The Morgan fingerprint density at radius 2 is 1.52 bits per heavy atom. The normalized spacial score (nSPS) is 11.7. The molecule has 3 aromatic carbocycles. The molecule has 0 saturated heterocycles. The molecule has 0 aliphatic heterocycles. The molecule has 0 aliphatic rings. The summed E-state index contributed by atoms with van der Waals surface area (Å²) in [6, 6.07) is 10.8. The molecule has 0 fully saturated rings. The van der Waals surface area contributed by atoms with Crippen molar-refractivity contribution in [3.8, 4) is 17.2 Å². The van der Waals surface area contributed by atoms with Crippen molar-refractivity contribution in [2.75, 3.05) is 20.8 Å². The van der Waals surface area contributed by atoms with Crippen LogP contribution in [-0.2, 0) is 9.05 Å². The van der Waals surface area contributed by atoms with Crippen molar-refractivity contribution in [3.63, 3.8) is 0 Å². The lowest BCUT2D eigenvalue weighted by molar-refractivity contribution is 0.332. The van der Waals surface area contributed by atoms with E-state index in [2.05, 4.69) is 0 Å². The van der Waals surface area contributed by atoms with Crippen LogP contribution in [0.15, 0.2) is 41.3 Å². The molecular formula is C18H17ClO5S. The van der Waals surface area contributed by atoms with Gasteiger partial charge in [0.05, 0.1) is 26.2 Å². The first-order valence-electron chi connectivity index (χ1n) is 7.60. The summed E-state index contributed by atoms with van der Waals surface area (Å²) in [5.74, 6) is 1.14. The smallest absolute Gasteiger partial charge is 0.265 e. The molecule has 7 heteroatoms. The largest absolute Gasteiger partial charge is 0.495 e. The van der Waals surface area contributed by atoms with E-state index in [1.807, 2.05) is 24.3 Å². The minimum atomic E-state index is -4.10. The van der Waals surface area contributed by atoms with E-state index in [0.29, 0.717) is 28.9 Å². The first kappa shape index (κ1) is 17.6. The third-order valence-corrected chi connectivity index (χ3v) is 5.32. The summed E-state index contributed by atoms with van der Waals surface area (Å²) in [5.41, 5.74) is 0. The highest BCUT2D eigenvalue weighted by Gasteiger charge is 2.27. The standard InChI is InChI=1S/C18H17ClO5S/c1-4-24-14-10-9-13-15(18(14)25(19,20)21)17(23-3)12-8-6-5-7-11(12)16(13)22-2/h5-10H,4H2,1-3H3. The number of rotatable bonds is 5. The molecule has 25 heavy (non-hydrogen) atoms. The third-order valence-electron chi connectivity index (χ3n) is 3.96. The molecule has 5 nitrogen and oxygen atoms in total. The summed E-state index contributed by atoms with van der Waals surface area (Å²) in [7, 11) is 4.69. The van der Waals surface area contributed by atoms with E-state index in [9.17, 15) is 8.42 Å². The van der Waals surface area contributed by atoms with Gasteiger partial charge in [-0.05, 0) is 19.1 Å². The van der Waals surface area contributed by atoms with Gasteiger partial charge in [0.1, 0.15) is 22.1 Å². The summed E-state index contributed by atoms with van der Waals surface area (Å²) in [6.45, 7) is 2.07. The van der Waals surface area contributed by atoms with Gasteiger partial charge in [0.2, 0.25) is 0 Å². The molecule has 0 N–H and O–H groups in total. The fraction of sp³-hybridized carbons (Fsp3) is 0.222. The summed E-state index contributed by atoms with van der Waals surface area (Å²) in [4.78, 5) is -0.116. The Morgan fingerprint density at radius 1 is 0.920 bits per heavy atom. The summed E-state index contributed by atoms with van der Waals surface area (Å²) >= 11 is 0. The molecule has 0 radical (unpaired) electrons. The van der Waals surface area contributed by atoms with E-state index in [0.717, 1.165) is 10.8 Å². The molecule has 0 saturated carbocycles. The monoisotopic (exact) mass is 380 g/mol. The first-order chi connectivity index (χ1) is 11.9. The van der Waals surface area contributed by atoms with Gasteiger partial charge in [0.15, 0.2) is 0 Å². The molecule has 132 valence electrons. The van der Waals surface area contributed by atoms with E-state index >= 15 is 0 Å². The average molecular weight is 381 g/mol. The topological polar surface area (TPSA) is 61.8 Å². The van der Waals surface area contributed by atoms with Crippen LogP contribution in [0.5, 0.6) is 17.2 Å². The van der Waals surface area contributed by atoms with Gasteiger partial charge in [-0.3, -0.25) is 0 Å². The fourth-order valence-electron chi connectivity index (χ4n) is 3.08. The Bertz CT molecular complexity index is 1060. The number of methoxy groups -OCH3 is 2. The number of ether oxygens (including phenoxy) is 3. The zero-order valence-electron chi connectivity index (χ0n) is 14.0. The van der Waals surface area contributed by atoms with Crippen LogP contribution in [0.25, 0.3) is 21.5 Å². The highest BCUT2D eigenvalue weighted by Crippen LogP contribution is 2.48. The van der Waals surface area contributed by atoms with Crippen molar-refractivity contribution in [1.29, 1.82) is 0 Å². The van der Waals surface area contributed by atoms with Gasteiger partial charge in [-0.15, -0.1) is 0 Å². The van der Waals surface area contributed by atoms with E-state index in [1.165, 1.54) is 7.11 Å². The van der Waals surface area contributed by atoms with Gasteiger partial charge < -0.3 is 14.2 Å². The molecule has 0 atom stereocenters. The predicted molar refractivity (Wildman–Crippen MR) is 98.8 cm³/mol. The second-order valence-corrected chi connectivity index (χ2v) is 7.80. The van der Waals surface area contributed by atoms with E-state index in [-0.39, 0.29) is 10.6 Å². The van der Waals surface area contributed by atoms with Crippen LogP contribution in [0.2, 0.25) is 0 Å². The molecular weight excluding hydrogens is 364 g/mol. The van der Waals surface area contributed by atoms with Gasteiger partial charge >= 0.3 is 0 Å². The maximum atomic E-state index is 12.3. The molecule has 0 unspecified atom stereocenters. The van der Waals surface area contributed by atoms with Gasteiger partial charge in [-0.2, -0.15) is 0 Å². The SMILES string of the molecule is CCOc1ccc2c(OC)c3ccccc3c(OC)c2c1S(=O)(=O)Cl. The number of hydrogen-bond acceptors (Lipinski definition) is 5. The third kappa shape index (κ3) is 2.85. The van der Waals surface area contributed by atoms with Gasteiger partial charge in [0.25, 0.3) is 9.05 Å². The van der Waals surface area contributed by atoms with E-state index in [4.69, 9.17) is 24.9 Å². The van der Waals surface area contributed by atoms with Crippen LogP contribution in [-0.4, -0.2) is 29.2 Å². The van der Waals surface area contributed by atoms with Gasteiger partial charge in [0, 0.05) is 26.8 Å². The lowest BCUT2D eigenvalue weighted by atomic mass is 10.00. The quantitative estimate of drug-likeness (QED) is 0.486. The molecule has 0 aromatic heterocycles. The number of halogens is 1. The lowest BCUT2D eigenvalue weighted by Crippen LogP contribution is -2.03. The van der Waals surface area contributed by atoms with Crippen LogP contribution in [0.4, 0.5) is 0 Å². The first-order valence-corrected chi connectivity index (χ1v) is 9.91. The van der Waals surface area contributed by atoms with Gasteiger partial charge in [-0.1, -0.05) is 24.3 Å². The molecule has 0 bridgehead atoms. The Hall–Kier alpha value is -2.18. The average Bonchev–Trinajstić information content (AvgIpc) is 2.58. The molecule has 0 heterocycles. The Labute approximate surface area is 150 Å². The van der Waals surface area contributed by atoms with E-state index in [1.54, 1.807) is 26.2 Å². The minimum absolute atomic E-state index is 0.116. The Balaban J connectivity index is 2.66. The van der Waals surface area contributed by atoms with Crippen molar-refractivity contribution < 1.29 is 22.6 Å². The Morgan fingerprint density at radius 3 is 2.04 bits per heavy atom. The van der Waals surface area contributed by atoms with Crippen molar-refractivity contribution in [3.05, 3.63) is 36.4 Å². The van der Waals surface area contributed by atoms with Crippen molar-refractivity contribution in [1.82, 2.24) is 0 Å². The van der Waals surface area contributed by atoms with Crippen LogP contribution >= 0.6 is 10.7 Å². The molecule has 3 rings (SSSR count). The van der Waals surface area contributed by atoms with Crippen molar-refractivity contribution >= 4 is 41.3 Å². The maximum Gasteiger partial charge on any atom is 0.265 e. The zero-order chi connectivity index (χ0) is 18.2. The predicted octanol–water partition coefficient (Wildman–Crippen LogP) is 4.34. The minimum Gasteiger partial charge on any atom is -0.495 e. The van der Waals surface area contributed by atoms with Gasteiger partial charge in [-0.25, -0.2) is 8.42 Å². The van der Waals surface area contributed by atoms with Crippen LogP contribution in [0.3, 0.4) is 0 Å². The zero-order valence-corrected chi connectivity index (χ0v) is 15.6. The highest BCUT2D eigenvalue weighted by molar-refractivity contribution is 8.14. The molecule has 0 aliphatic carbocycles. The van der Waals surface area contributed by atoms with Crippen molar-refractivity contribution in [2.45, 2.75) is 11.8 Å². The molecule has 0 amide bonds. The second-order valence-electron chi connectivity index (χ2n) is 5.30. The summed E-state index contributed by atoms with van der Waals surface area (Å²) in [5, 5.41) is 2.47. The molecule has 3 aromatic rings. The van der Waals surface area contributed by atoms with E-state index < -0.39 is 9.05 Å². The highest BCUT2D eigenvalue weighted by atomic mass is 35.7. The Kier molecular flexibility index (Phi) is 4.67. The summed E-state index contributed by atoms with van der Waals surface area (Å²) < 4.78 is 41.3. The lowest BCUT2D eigenvalue weighted by Gasteiger charge is -2.18. The number of fused-ring (bicyclic) bond motifs is 2. The van der Waals surface area contributed by atoms with Crippen LogP contribution in [0, 0.1) is 0 Å². The second kappa shape index (κ2) is 6.61. The van der Waals surface area contributed by atoms with Crippen LogP contribution < -0.4 is 14.2 Å². The van der Waals surface area contributed by atoms with Crippen LogP contribution in [0.1, 0.15) is 6.92 Å². The fourth-order valence-corrected chi connectivity index (χ4v) is 4.35.